The molecule has 0 bridgehead atoms. The Morgan fingerprint density at radius 3 is 0.703 bits per heavy atom. The molecule has 0 atom stereocenters. The lowest BCUT2D eigenvalue weighted by Gasteiger charge is -2.18. The van der Waals surface area contributed by atoms with Gasteiger partial charge < -0.3 is 0 Å². The zero-order chi connectivity index (χ0) is 42.1. The summed E-state index contributed by atoms with van der Waals surface area (Å²) >= 11 is 0. The van der Waals surface area contributed by atoms with Crippen molar-refractivity contribution in [3.8, 4) is 89.0 Å². The number of hydrogen-bond acceptors (Lipinski definition) is 0. The minimum atomic E-state index is 0.933. The summed E-state index contributed by atoms with van der Waals surface area (Å²) in [5.74, 6) is 0. The van der Waals surface area contributed by atoms with E-state index in [0.29, 0.717) is 0 Å². The molecule has 0 radical (unpaired) electrons. The van der Waals surface area contributed by atoms with Crippen molar-refractivity contribution in [1.29, 1.82) is 0 Å². The highest BCUT2D eigenvalue weighted by molar-refractivity contribution is 6.21. The minimum Gasteiger partial charge on any atom is -0.0622 e. The molecule has 11 aromatic rings. The second-order valence-corrected chi connectivity index (χ2v) is 17.4. The molecule has 13 rings (SSSR count). The molecule has 0 unspecified atom stereocenters. The Balaban J connectivity index is 0.864. The highest BCUT2D eigenvalue weighted by atomic mass is 14.3. The molecule has 0 nitrogen and oxygen atoms in total. The zero-order valence-corrected chi connectivity index (χ0v) is 35.4. The number of rotatable bonds is 6. The van der Waals surface area contributed by atoms with Crippen molar-refractivity contribution < 1.29 is 0 Å². The highest BCUT2D eigenvalue weighted by Crippen LogP contribution is 2.49. The molecule has 0 saturated heterocycles. The summed E-state index contributed by atoms with van der Waals surface area (Å²) in [6, 6.07) is 85.6. The SMILES string of the molecule is c1ccc(-c2cccc3c2Cc2c(-c4ccc(-c5c6ccccc6c(-c6ccc(-c7cccc8c7Cc7c(-c9ccccc9)cccc7-8)cc6)c6ccccc56)cc4)cccc2-3)cc1. The van der Waals surface area contributed by atoms with Gasteiger partial charge in [0.05, 0.1) is 0 Å². The predicted molar refractivity (Wildman–Crippen MR) is 271 cm³/mol. The molecular weight excluding hydrogens is 769 g/mol. The molecule has 0 fully saturated rings. The quantitative estimate of drug-likeness (QED) is 0.147. The van der Waals surface area contributed by atoms with E-state index >= 15 is 0 Å². The molecule has 0 aromatic heterocycles. The van der Waals surface area contributed by atoms with Crippen LogP contribution in [-0.2, 0) is 12.8 Å². The van der Waals surface area contributed by atoms with Gasteiger partial charge in [-0.05, 0) is 146 Å². The van der Waals surface area contributed by atoms with E-state index in [2.05, 4.69) is 231 Å². The first-order valence-electron chi connectivity index (χ1n) is 22.5. The van der Waals surface area contributed by atoms with Gasteiger partial charge in [-0.1, -0.05) is 231 Å². The Labute approximate surface area is 374 Å². The Morgan fingerprint density at radius 1 is 0.172 bits per heavy atom. The Bertz CT molecular complexity index is 3310. The van der Waals surface area contributed by atoms with Gasteiger partial charge in [0.25, 0.3) is 0 Å². The topological polar surface area (TPSA) is 0 Å². The van der Waals surface area contributed by atoms with Crippen LogP contribution >= 0.6 is 0 Å². The number of benzene rings is 11. The van der Waals surface area contributed by atoms with E-state index in [1.54, 1.807) is 0 Å². The summed E-state index contributed by atoms with van der Waals surface area (Å²) in [5.41, 5.74) is 26.5. The van der Waals surface area contributed by atoms with E-state index in [1.165, 1.54) is 133 Å². The predicted octanol–water partition coefficient (Wildman–Crippen LogP) is 17.1. The number of fused-ring (bicyclic) bond motifs is 8. The Morgan fingerprint density at radius 2 is 0.406 bits per heavy atom. The summed E-state index contributed by atoms with van der Waals surface area (Å²) in [5, 5.41) is 5.08. The van der Waals surface area contributed by atoms with E-state index in [9.17, 15) is 0 Å². The van der Waals surface area contributed by atoms with Crippen LogP contribution in [0.1, 0.15) is 22.3 Å². The van der Waals surface area contributed by atoms with Crippen molar-refractivity contribution in [2.75, 3.05) is 0 Å². The first kappa shape index (κ1) is 36.6. The van der Waals surface area contributed by atoms with Crippen LogP contribution in [0.15, 0.2) is 231 Å². The highest BCUT2D eigenvalue weighted by Gasteiger charge is 2.26. The van der Waals surface area contributed by atoms with E-state index < -0.39 is 0 Å². The lowest BCUT2D eigenvalue weighted by Crippen LogP contribution is -1.92. The Hall–Kier alpha value is -8.06. The molecule has 0 saturated carbocycles. The van der Waals surface area contributed by atoms with Crippen LogP contribution in [0.5, 0.6) is 0 Å². The van der Waals surface area contributed by atoms with Crippen molar-refractivity contribution in [3.05, 3.63) is 253 Å². The minimum absolute atomic E-state index is 0.933. The molecule has 0 heteroatoms. The smallest absolute Gasteiger partial charge is 0.000112 e. The fourth-order valence-electron chi connectivity index (χ4n) is 11.2. The van der Waals surface area contributed by atoms with Gasteiger partial charge in [0.1, 0.15) is 0 Å². The van der Waals surface area contributed by atoms with Crippen LogP contribution in [0.4, 0.5) is 0 Å². The second kappa shape index (κ2) is 14.8. The molecule has 0 spiro atoms. The first-order valence-corrected chi connectivity index (χ1v) is 22.5. The van der Waals surface area contributed by atoms with E-state index in [0.717, 1.165) is 12.8 Å². The molecular formula is C64H42. The average Bonchev–Trinajstić information content (AvgIpc) is 3.96. The summed E-state index contributed by atoms with van der Waals surface area (Å²) in [6.45, 7) is 0. The van der Waals surface area contributed by atoms with Crippen LogP contribution < -0.4 is 0 Å². The molecule has 11 aromatic carbocycles. The van der Waals surface area contributed by atoms with Crippen molar-refractivity contribution in [3.63, 3.8) is 0 Å². The maximum absolute atomic E-state index is 2.34. The maximum atomic E-state index is 2.34. The summed E-state index contributed by atoms with van der Waals surface area (Å²) in [4.78, 5) is 0. The summed E-state index contributed by atoms with van der Waals surface area (Å²) in [7, 11) is 0. The third-order valence-electron chi connectivity index (χ3n) is 14.1. The van der Waals surface area contributed by atoms with Crippen molar-refractivity contribution in [2.24, 2.45) is 0 Å². The van der Waals surface area contributed by atoms with E-state index in [4.69, 9.17) is 0 Å². The van der Waals surface area contributed by atoms with Gasteiger partial charge in [-0.2, -0.15) is 0 Å². The van der Waals surface area contributed by atoms with Crippen molar-refractivity contribution in [1.82, 2.24) is 0 Å². The fourth-order valence-corrected chi connectivity index (χ4v) is 11.2. The van der Waals surface area contributed by atoms with E-state index in [-0.39, 0.29) is 0 Å². The average molecular weight is 811 g/mol. The molecule has 0 N–H and O–H groups in total. The van der Waals surface area contributed by atoms with Crippen LogP contribution in [0.25, 0.3) is 111 Å². The number of hydrogen-bond donors (Lipinski definition) is 0. The van der Waals surface area contributed by atoms with Crippen LogP contribution in [-0.4, -0.2) is 0 Å². The van der Waals surface area contributed by atoms with Gasteiger partial charge in [-0.3, -0.25) is 0 Å². The normalized spacial score (nSPS) is 12.2. The lowest BCUT2D eigenvalue weighted by molar-refractivity contribution is 1.26. The fraction of sp³-hybridized carbons (Fsp3) is 0.0312. The largest absolute Gasteiger partial charge is 0.0622 e. The van der Waals surface area contributed by atoms with Crippen molar-refractivity contribution >= 4 is 21.5 Å². The zero-order valence-electron chi connectivity index (χ0n) is 35.4. The monoisotopic (exact) mass is 810 g/mol. The molecule has 2 aliphatic carbocycles. The van der Waals surface area contributed by atoms with Crippen LogP contribution in [0.3, 0.4) is 0 Å². The molecule has 64 heavy (non-hydrogen) atoms. The Kier molecular flexibility index (Phi) is 8.46. The van der Waals surface area contributed by atoms with Gasteiger partial charge in [0, 0.05) is 0 Å². The maximum Gasteiger partial charge on any atom is -0.000112 e. The van der Waals surface area contributed by atoms with Gasteiger partial charge in [0.15, 0.2) is 0 Å². The molecule has 298 valence electrons. The van der Waals surface area contributed by atoms with E-state index in [1.807, 2.05) is 0 Å². The van der Waals surface area contributed by atoms with Crippen LogP contribution in [0.2, 0.25) is 0 Å². The lowest BCUT2D eigenvalue weighted by atomic mass is 9.85. The third kappa shape index (κ3) is 5.76. The molecule has 0 aliphatic heterocycles. The van der Waals surface area contributed by atoms with Crippen molar-refractivity contribution in [2.45, 2.75) is 12.8 Å². The standard InChI is InChI=1S/C64H42/c1-3-15-41(16-4-1)47-23-11-27-51-53-29-13-25-49(61(53)39-59(47)51)43-31-35-45(36-32-43)63-55-19-7-9-21-57(55)64(58-22-10-8-20-56(58)63)46-37-33-44(34-38-46)50-26-14-30-54-52-28-12-24-48(60(52)40-62(50)54)42-17-5-2-6-18-42/h1-38H,39-40H2. The molecule has 2 aliphatic rings. The summed E-state index contributed by atoms with van der Waals surface area (Å²) in [6.07, 6.45) is 1.87. The molecule has 0 amide bonds. The first-order chi connectivity index (χ1) is 31.8. The summed E-state index contributed by atoms with van der Waals surface area (Å²) < 4.78 is 0. The third-order valence-corrected chi connectivity index (χ3v) is 14.1. The van der Waals surface area contributed by atoms with Gasteiger partial charge in [0.2, 0.25) is 0 Å². The van der Waals surface area contributed by atoms with Crippen LogP contribution in [0, 0.1) is 0 Å². The van der Waals surface area contributed by atoms with Gasteiger partial charge >= 0.3 is 0 Å². The second-order valence-electron chi connectivity index (χ2n) is 17.4. The van der Waals surface area contributed by atoms with Gasteiger partial charge in [-0.15, -0.1) is 0 Å². The molecule has 0 heterocycles. The van der Waals surface area contributed by atoms with Gasteiger partial charge in [-0.25, -0.2) is 0 Å².